The van der Waals surface area contributed by atoms with E-state index in [4.69, 9.17) is 16.5 Å². The van der Waals surface area contributed by atoms with E-state index in [-0.39, 0.29) is 16.8 Å². The van der Waals surface area contributed by atoms with Gasteiger partial charge in [0.05, 0.1) is 68.4 Å². The molecule has 12 rings (SSSR count). The Kier molecular flexibility index (Phi) is 9.18. The van der Waals surface area contributed by atoms with Crippen molar-refractivity contribution in [1.82, 2.24) is 19.1 Å². The van der Waals surface area contributed by atoms with Gasteiger partial charge in [0.15, 0.2) is 0 Å². The van der Waals surface area contributed by atoms with Gasteiger partial charge in [-0.05, 0) is 78.9 Å². The van der Waals surface area contributed by atoms with E-state index in [9.17, 15) is 0 Å². The molecular weight excluding hydrogens is 817 g/mol. The van der Waals surface area contributed by atoms with Gasteiger partial charge in [0, 0.05) is 49.4 Å². The standard InChI is InChI=1S/C59H35F2N5/c1-62-58-56(65-52-27-10-8-19-41(52)44-35-39(29-32-54(44)65)50-25-13-23-48(63-50)37-15-4-2-5-16-37)34-31-43(57-46(60)21-12-22-47(57)61)59(58)66-53-28-11-9-20-42(53)45-36-40(30-33-55(45)66)51-26-14-24-49(64-51)38-17-6-3-7-18-38/h2-36H. The maximum absolute atomic E-state index is 16.2. The van der Waals surface area contributed by atoms with Crippen LogP contribution in [-0.2, 0) is 0 Å². The van der Waals surface area contributed by atoms with Crippen LogP contribution in [0.15, 0.2) is 212 Å². The van der Waals surface area contributed by atoms with Gasteiger partial charge in [0.1, 0.15) is 11.6 Å². The van der Waals surface area contributed by atoms with Gasteiger partial charge in [0.2, 0.25) is 5.69 Å². The molecule has 0 saturated carbocycles. The minimum Gasteiger partial charge on any atom is -0.319 e. The maximum Gasteiger partial charge on any atom is 0.234 e. The van der Waals surface area contributed by atoms with E-state index in [1.165, 1.54) is 18.2 Å². The molecule has 4 aromatic heterocycles. The molecule has 8 aromatic carbocycles. The fourth-order valence-corrected chi connectivity index (χ4v) is 9.54. The molecule has 0 aliphatic heterocycles. The van der Waals surface area contributed by atoms with Gasteiger partial charge in [-0.1, -0.05) is 133 Å². The molecule has 0 fully saturated rings. The smallest absolute Gasteiger partial charge is 0.234 e. The van der Waals surface area contributed by atoms with E-state index in [1.54, 1.807) is 6.07 Å². The van der Waals surface area contributed by atoms with Crippen LogP contribution in [0.1, 0.15) is 0 Å². The Labute approximate surface area is 378 Å². The summed E-state index contributed by atoms with van der Waals surface area (Å²) in [5.41, 5.74) is 11.9. The summed E-state index contributed by atoms with van der Waals surface area (Å²) in [6.07, 6.45) is 0. The molecule has 0 N–H and O–H groups in total. The van der Waals surface area contributed by atoms with E-state index in [1.807, 2.05) is 150 Å². The summed E-state index contributed by atoms with van der Waals surface area (Å²) < 4.78 is 36.4. The molecule has 4 heterocycles. The van der Waals surface area contributed by atoms with Crippen molar-refractivity contribution in [3.63, 3.8) is 0 Å². The van der Waals surface area contributed by atoms with Crippen molar-refractivity contribution in [1.29, 1.82) is 0 Å². The molecule has 310 valence electrons. The number of para-hydroxylation sites is 2. The zero-order valence-electron chi connectivity index (χ0n) is 35.2. The third kappa shape index (κ3) is 6.27. The molecule has 0 bridgehead atoms. The minimum atomic E-state index is -0.721. The van der Waals surface area contributed by atoms with Crippen LogP contribution in [0, 0.1) is 18.2 Å². The first-order valence-electron chi connectivity index (χ1n) is 21.7. The number of nitrogens with zero attached hydrogens (tertiary/aromatic N) is 5. The molecule has 0 atom stereocenters. The number of benzene rings is 8. The quantitative estimate of drug-likeness (QED) is 0.150. The second-order valence-corrected chi connectivity index (χ2v) is 16.3. The number of hydrogen-bond donors (Lipinski definition) is 0. The van der Waals surface area contributed by atoms with Crippen molar-refractivity contribution in [2.75, 3.05) is 0 Å². The number of rotatable bonds is 7. The van der Waals surface area contributed by atoms with Gasteiger partial charge in [-0.2, -0.15) is 0 Å². The number of halogens is 2. The molecule has 0 unspecified atom stereocenters. The van der Waals surface area contributed by atoms with Gasteiger partial charge in [-0.15, -0.1) is 0 Å². The lowest BCUT2D eigenvalue weighted by Crippen LogP contribution is -2.04. The first-order chi connectivity index (χ1) is 32.5. The zero-order chi connectivity index (χ0) is 44.3. The van der Waals surface area contributed by atoms with E-state index in [2.05, 4.69) is 51.9 Å². The van der Waals surface area contributed by atoms with E-state index in [0.29, 0.717) is 11.4 Å². The summed E-state index contributed by atoms with van der Waals surface area (Å²) in [6, 6.07) is 68.3. The summed E-state index contributed by atoms with van der Waals surface area (Å²) in [7, 11) is 0. The summed E-state index contributed by atoms with van der Waals surface area (Å²) in [5.74, 6) is -1.44. The Hall–Kier alpha value is -8.99. The van der Waals surface area contributed by atoms with Crippen LogP contribution in [0.3, 0.4) is 0 Å². The summed E-state index contributed by atoms with van der Waals surface area (Å²) in [6.45, 7) is 9.00. The second kappa shape index (κ2) is 15.7. The highest BCUT2D eigenvalue weighted by atomic mass is 19.1. The molecule has 7 heteroatoms. The van der Waals surface area contributed by atoms with Gasteiger partial charge < -0.3 is 9.13 Å². The molecule has 5 nitrogen and oxygen atoms in total. The fraction of sp³-hybridized carbons (Fsp3) is 0. The molecular formula is C59H35F2N5. The molecule has 0 amide bonds. The Morgan fingerprint density at radius 2 is 0.818 bits per heavy atom. The second-order valence-electron chi connectivity index (χ2n) is 16.3. The average Bonchev–Trinajstić information content (AvgIpc) is 3.88. The third-order valence-corrected chi connectivity index (χ3v) is 12.5. The maximum atomic E-state index is 16.2. The molecule has 0 aliphatic rings. The SMILES string of the molecule is [C-]#[N+]c1c(-n2c3ccccc3c3cc(-c4cccc(-c5ccccc5)n4)ccc32)ccc(-c2c(F)cccc2F)c1-n1c2ccccc2c2cc(-c3cccc(-c4ccccc4)n3)ccc21. The highest BCUT2D eigenvalue weighted by Gasteiger charge is 2.27. The first-order valence-corrected chi connectivity index (χ1v) is 21.7. The summed E-state index contributed by atoms with van der Waals surface area (Å²) >= 11 is 0. The lowest BCUT2D eigenvalue weighted by atomic mass is 9.99. The van der Waals surface area contributed by atoms with Gasteiger partial charge >= 0.3 is 0 Å². The number of fused-ring (bicyclic) bond motifs is 6. The Morgan fingerprint density at radius 1 is 0.379 bits per heavy atom. The molecule has 0 spiro atoms. The van der Waals surface area contributed by atoms with Crippen LogP contribution in [0.4, 0.5) is 14.5 Å². The van der Waals surface area contributed by atoms with Crippen LogP contribution in [0.5, 0.6) is 0 Å². The van der Waals surface area contributed by atoms with Crippen molar-refractivity contribution >= 4 is 49.3 Å². The van der Waals surface area contributed by atoms with Gasteiger partial charge in [0.25, 0.3) is 0 Å². The Balaban J connectivity index is 1.10. The summed E-state index contributed by atoms with van der Waals surface area (Å²) in [5, 5.41) is 3.80. The molecule has 12 aromatic rings. The molecule has 0 aliphatic carbocycles. The number of aromatic nitrogens is 4. The predicted octanol–water partition coefficient (Wildman–Crippen LogP) is 15.8. The van der Waals surface area contributed by atoms with Crippen molar-refractivity contribution in [3.8, 4) is 67.5 Å². The summed E-state index contributed by atoms with van der Waals surface area (Å²) in [4.78, 5) is 14.4. The largest absolute Gasteiger partial charge is 0.319 e. The van der Waals surface area contributed by atoms with E-state index >= 15 is 8.78 Å². The topological polar surface area (TPSA) is 40.0 Å². The average molecular weight is 852 g/mol. The predicted molar refractivity (Wildman–Crippen MR) is 264 cm³/mol. The van der Waals surface area contributed by atoms with Gasteiger partial charge in [-0.3, -0.25) is 0 Å². The third-order valence-electron chi connectivity index (χ3n) is 12.5. The molecule has 66 heavy (non-hydrogen) atoms. The minimum absolute atomic E-state index is 0.203. The lowest BCUT2D eigenvalue weighted by molar-refractivity contribution is 0.589. The number of hydrogen-bond acceptors (Lipinski definition) is 2. The first kappa shape index (κ1) is 38.7. The van der Waals surface area contributed by atoms with E-state index < -0.39 is 11.6 Å². The van der Waals surface area contributed by atoms with Crippen molar-refractivity contribution < 1.29 is 8.78 Å². The lowest BCUT2D eigenvalue weighted by Gasteiger charge is -2.20. The number of pyridine rings is 2. The Bertz CT molecular complexity index is 3900. The monoisotopic (exact) mass is 851 g/mol. The Morgan fingerprint density at radius 3 is 1.35 bits per heavy atom. The zero-order valence-corrected chi connectivity index (χ0v) is 35.2. The molecule has 0 saturated heterocycles. The van der Waals surface area contributed by atoms with E-state index in [0.717, 1.165) is 88.6 Å². The van der Waals surface area contributed by atoms with Crippen molar-refractivity contribution in [2.45, 2.75) is 0 Å². The molecule has 0 radical (unpaired) electrons. The van der Waals surface area contributed by atoms with Crippen molar-refractivity contribution in [2.24, 2.45) is 0 Å². The van der Waals surface area contributed by atoms with Crippen LogP contribution in [0.25, 0.3) is 116 Å². The van der Waals surface area contributed by atoms with Crippen molar-refractivity contribution in [3.05, 3.63) is 235 Å². The fourth-order valence-electron chi connectivity index (χ4n) is 9.54. The van der Waals surface area contributed by atoms with Crippen LogP contribution < -0.4 is 0 Å². The van der Waals surface area contributed by atoms with Crippen LogP contribution >= 0.6 is 0 Å². The highest BCUT2D eigenvalue weighted by Crippen LogP contribution is 2.47. The normalized spacial score (nSPS) is 11.5. The van der Waals surface area contributed by atoms with Gasteiger partial charge in [-0.25, -0.2) is 23.6 Å². The van der Waals surface area contributed by atoms with Crippen LogP contribution in [-0.4, -0.2) is 19.1 Å². The highest BCUT2D eigenvalue weighted by molar-refractivity contribution is 6.13. The van der Waals surface area contributed by atoms with Crippen LogP contribution in [0.2, 0.25) is 0 Å².